The average molecular weight is 278 g/mol. The van der Waals surface area contributed by atoms with Gasteiger partial charge in [0, 0.05) is 12.4 Å². The van der Waals surface area contributed by atoms with Crippen molar-refractivity contribution in [1.29, 1.82) is 0 Å². The number of halogens is 1. The molecule has 2 N–H and O–H groups in total. The van der Waals surface area contributed by atoms with Crippen molar-refractivity contribution in [2.75, 3.05) is 5.32 Å². The third kappa shape index (κ3) is 2.86. The molecule has 0 unspecified atom stereocenters. The molecule has 0 aliphatic heterocycles. The van der Waals surface area contributed by atoms with Crippen LogP contribution in [-0.4, -0.2) is 27.0 Å². The number of nitrogens with zero attached hydrogens (tertiary/aromatic N) is 2. The Hall–Kier alpha value is -2.47. The van der Waals surface area contributed by atoms with E-state index in [9.17, 15) is 9.59 Å². The zero-order chi connectivity index (χ0) is 13.8. The number of hydrogen-bond acceptors (Lipinski definition) is 4. The lowest BCUT2D eigenvalue weighted by atomic mass is 10.2. The summed E-state index contributed by atoms with van der Waals surface area (Å²) in [7, 11) is 0. The highest BCUT2D eigenvalue weighted by Crippen LogP contribution is 2.17. The Bertz CT molecular complexity index is 646. The summed E-state index contributed by atoms with van der Waals surface area (Å²) in [4.78, 5) is 30.5. The highest BCUT2D eigenvalue weighted by atomic mass is 35.5. The standard InChI is InChI=1S/C12H8ClN3O3/c13-10-8(2-1-4-15-10)11(17)16-9-6-14-5-3-7(9)12(18)19/h1-6H,(H,16,17)(H,18,19). The van der Waals surface area contributed by atoms with Crippen molar-refractivity contribution < 1.29 is 14.7 Å². The lowest BCUT2D eigenvalue weighted by molar-refractivity contribution is 0.0698. The summed E-state index contributed by atoms with van der Waals surface area (Å²) in [6.45, 7) is 0. The summed E-state index contributed by atoms with van der Waals surface area (Å²) < 4.78 is 0. The Kier molecular flexibility index (Phi) is 3.72. The van der Waals surface area contributed by atoms with Crippen LogP contribution < -0.4 is 5.32 Å². The summed E-state index contributed by atoms with van der Waals surface area (Å²) in [6.07, 6.45) is 4.04. The summed E-state index contributed by atoms with van der Waals surface area (Å²) >= 11 is 5.78. The van der Waals surface area contributed by atoms with Gasteiger partial charge in [-0.15, -0.1) is 0 Å². The maximum absolute atomic E-state index is 12.0. The van der Waals surface area contributed by atoms with Crippen LogP contribution in [0.2, 0.25) is 5.15 Å². The minimum absolute atomic E-state index is 0.0424. The molecule has 96 valence electrons. The van der Waals surface area contributed by atoms with E-state index in [0.717, 1.165) is 0 Å². The van der Waals surface area contributed by atoms with E-state index in [4.69, 9.17) is 16.7 Å². The molecular formula is C12H8ClN3O3. The van der Waals surface area contributed by atoms with Gasteiger partial charge >= 0.3 is 5.97 Å². The minimum Gasteiger partial charge on any atom is -0.478 e. The second kappa shape index (κ2) is 5.45. The number of rotatable bonds is 3. The SMILES string of the molecule is O=C(O)c1ccncc1NC(=O)c1cccnc1Cl. The first-order chi connectivity index (χ1) is 9.09. The Balaban J connectivity index is 2.30. The van der Waals surface area contributed by atoms with Crippen LogP contribution in [0.15, 0.2) is 36.8 Å². The molecule has 0 aliphatic carbocycles. The number of carboxylic acids is 1. The van der Waals surface area contributed by atoms with Gasteiger partial charge in [0.2, 0.25) is 0 Å². The molecule has 7 heteroatoms. The van der Waals surface area contributed by atoms with Gasteiger partial charge in [-0.1, -0.05) is 11.6 Å². The van der Waals surface area contributed by atoms with E-state index in [0.29, 0.717) is 0 Å². The number of hydrogen-bond donors (Lipinski definition) is 2. The maximum atomic E-state index is 12.0. The maximum Gasteiger partial charge on any atom is 0.337 e. The van der Waals surface area contributed by atoms with Gasteiger partial charge in [-0.3, -0.25) is 9.78 Å². The molecule has 1 amide bonds. The number of nitrogens with one attached hydrogen (secondary N) is 1. The topological polar surface area (TPSA) is 92.2 Å². The Morgan fingerprint density at radius 2 is 2.00 bits per heavy atom. The van der Waals surface area contributed by atoms with Crippen molar-refractivity contribution in [2.45, 2.75) is 0 Å². The number of aromatic carboxylic acids is 1. The molecule has 0 aromatic carbocycles. The molecule has 0 saturated carbocycles. The van der Waals surface area contributed by atoms with Crippen LogP contribution in [0.3, 0.4) is 0 Å². The molecule has 0 bridgehead atoms. The Morgan fingerprint density at radius 1 is 1.21 bits per heavy atom. The first-order valence-corrected chi connectivity index (χ1v) is 5.56. The van der Waals surface area contributed by atoms with E-state index in [1.807, 2.05) is 0 Å². The third-order valence-corrected chi connectivity index (χ3v) is 2.60. The van der Waals surface area contributed by atoms with Crippen LogP contribution in [0.5, 0.6) is 0 Å². The molecule has 2 aromatic rings. The lowest BCUT2D eigenvalue weighted by Crippen LogP contribution is -2.15. The number of carboxylic acid groups (broad SMARTS) is 1. The van der Waals surface area contributed by atoms with Crippen LogP contribution in [0.1, 0.15) is 20.7 Å². The molecule has 2 aromatic heterocycles. The van der Waals surface area contributed by atoms with E-state index < -0.39 is 11.9 Å². The fourth-order valence-corrected chi connectivity index (χ4v) is 1.63. The molecule has 19 heavy (non-hydrogen) atoms. The van der Waals surface area contributed by atoms with E-state index in [1.165, 1.54) is 30.7 Å². The number of aromatic nitrogens is 2. The van der Waals surface area contributed by atoms with Gasteiger partial charge in [0.25, 0.3) is 5.91 Å². The number of amides is 1. The van der Waals surface area contributed by atoms with Crippen LogP contribution in [0.25, 0.3) is 0 Å². The van der Waals surface area contributed by atoms with Crippen molar-refractivity contribution in [3.05, 3.63) is 53.1 Å². The fraction of sp³-hybridized carbons (Fsp3) is 0. The fourth-order valence-electron chi connectivity index (χ4n) is 1.43. The number of anilines is 1. The lowest BCUT2D eigenvalue weighted by Gasteiger charge is -2.08. The zero-order valence-corrected chi connectivity index (χ0v) is 10.3. The van der Waals surface area contributed by atoms with Crippen LogP contribution in [-0.2, 0) is 0 Å². The summed E-state index contributed by atoms with van der Waals surface area (Å²) in [5, 5.41) is 11.5. The molecule has 6 nitrogen and oxygen atoms in total. The first kappa shape index (κ1) is 13.0. The second-order valence-corrected chi connectivity index (χ2v) is 3.88. The van der Waals surface area contributed by atoms with Gasteiger partial charge in [0.05, 0.1) is 23.0 Å². The summed E-state index contributed by atoms with van der Waals surface area (Å²) in [6, 6.07) is 4.34. The highest BCUT2D eigenvalue weighted by Gasteiger charge is 2.15. The van der Waals surface area contributed by atoms with Gasteiger partial charge < -0.3 is 10.4 Å². The molecule has 0 radical (unpaired) electrons. The van der Waals surface area contributed by atoms with Gasteiger partial charge in [-0.2, -0.15) is 0 Å². The molecule has 0 aliphatic rings. The van der Waals surface area contributed by atoms with Gasteiger partial charge in [-0.05, 0) is 18.2 Å². The molecule has 0 saturated heterocycles. The first-order valence-electron chi connectivity index (χ1n) is 5.19. The number of carbonyl (C=O) groups excluding carboxylic acids is 1. The van der Waals surface area contributed by atoms with Crippen LogP contribution in [0, 0.1) is 0 Å². The largest absolute Gasteiger partial charge is 0.478 e. The second-order valence-electron chi connectivity index (χ2n) is 3.52. The van der Waals surface area contributed by atoms with Gasteiger partial charge in [0.15, 0.2) is 0 Å². The normalized spacial score (nSPS) is 9.95. The summed E-state index contributed by atoms with van der Waals surface area (Å²) in [5.41, 5.74) is 0.202. The van der Waals surface area contributed by atoms with Crippen LogP contribution in [0.4, 0.5) is 5.69 Å². The van der Waals surface area contributed by atoms with Gasteiger partial charge in [0.1, 0.15) is 5.15 Å². The van der Waals surface area contributed by atoms with E-state index in [2.05, 4.69) is 15.3 Å². The van der Waals surface area contributed by atoms with Crippen molar-refractivity contribution in [3.63, 3.8) is 0 Å². The molecule has 2 rings (SSSR count). The molecular weight excluding hydrogens is 270 g/mol. The Labute approximate surface area is 113 Å². The van der Waals surface area contributed by atoms with E-state index in [1.54, 1.807) is 6.07 Å². The van der Waals surface area contributed by atoms with E-state index >= 15 is 0 Å². The van der Waals surface area contributed by atoms with Gasteiger partial charge in [-0.25, -0.2) is 9.78 Å². The highest BCUT2D eigenvalue weighted by molar-refractivity contribution is 6.33. The molecule has 0 fully saturated rings. The Morgan fingerprint density at radius 3 is 2.68 bits per heavy atom. The number of carbonyl (C=O) groups is 2. The minimum atomic E-state index is -1.16. The van der Waals surface area contributed by atoms with Crippen molar-refractivity contribution in [1.82, 2.24) is 9.97 Å². The van der Waals surface area contributed by atoms with Crippen LogP contribution >= 0.6 is 11.6 Å². The van der Waals surface area contributed by atoms with Crippen molar-refractivity contribution in [2.24, 2.45) is 0 Å². The number of pyridine rings is 2. The van der Waals surface area contributed by atoms with E-state index in [-0.39, 0.29) is 22.0 Å². The molecule has 0 spiro atoms. The predicted molar refractivity (Wildman–Crippen MR) is 68.4 cm³/mol. The van der Waals surface area contributed by atoms with Crippen molar-refractivity contribution in [3.8, 4) is 0 Å². The summed E-state index contributed by atoms with van der Waals surface area (Å²) in [5.74, 6) is -1.71. The average Bonchev–Trinajstić information content (AvgIpc) is 2.39. The monoisotopic (exact) mass is 277 g/mol. The molecule has 2 heterocycles. The zero-order valence-electron chi connectivity index (χ0n) is 9.50. The third-order valence-electron chi connectivity index (χ3n) is 2.30. The van der Waals surface area contributed by atoms with Crippen molar-refractivity contribution >= 4 is 29.2 Å². The predicted octanol–water partition coefficient (Wildman–Crippen LogP) is 2.08. The smallest absolute Gasteiger partial charge is 0.337 e. The molecule has 0 atom stereocenters. The quantitative estimate of drug-likeness (QED) is 0.838.